The van der Waals surface area contributed by atoms with Crippen molar-refractivity contribution in [2.45, 2.75) is 31.3 Å². The molecule has 0 unspecified atom stereocenters. The summed E-state index contributed by atoms with van der Waals surface area (Å²) in [6, 6.07) is 7.31. The molecule has 0 saturated carbocycles. The van der Waals surface area contributed by atoms with Gasteiger partial charge in [0.05, 0.1) is 39.6 Å². The fourth-order valence-electron chi connectivity index (χ4n) is 3.38. The molecular weight excluding hydrogens is 385 g/mol. The minimum absolute atomic E-state index is 0.243. The average molecular weight is 412 g/mol. The van der Waals surface area contributed by atoms with Gasteiger partial charge in [-0.05, 0) is 42.5 Å². The summed E-state index contributed by atoms with van der Waals surface area (Å²) in [6.07, 6.45) is -0.856. The number of carbonyl (C=O) groups is 1. The van der Waals surface area contributed by atoms with E-state index in [2.05, 4.69) is 23.3 Å². The van der Waals surface area contributed by atoms with Crippen molar-refractivity contribution < 1.29 is 18.7 Å². The van der Waals surface area contributed by atoms with Crippen LogP contribution < -0.4 is 15.1 Å². The topological polar surface area (TPSA) is 54.0 Å². The molecule has 0 spiro atoms. The molecule has 2 saturated heterocycles. The van der Waals surface area contributed by atoms with E-state index in [1.165, 1.54) is 30.2 Å². The van der Waals surface area contributed by atoms with Crippen LogP contribution in [0.4, 0.5) is 20.6 Å². The molecule has 9 heteroatoms. The number of rotatable bonds is 4. The Morgan fingerprint density at radius 2 is 2.11 bits per heavy atom. The number of hydrogen-bond acceptors (Lipinski definition) is 5. The van der Waals surface area contributed by atoms with Crippen LogP contribution in [0.5, 0.6) is 0 Å². The molecule has 2 heterocycles. The number of halogens is 1. The summed E-state index contributed by atoms with van der Waals surface area (Å²) in [7, 11) is 0.362. The van der Waals surface area contributed by atoms with Gasteiger partial charge in [0, 0.05) is 13.1 Å². The number of amides is 1. The standard InChI is InChI=1S/C18H26FN3O3SSi/c1-24-17(26)20-11-14-12-22(18(23)25-14)13-4-5-16(15(19)10-13)21-6-8-27(2,3)9-7-21/h4-5,10,14H,6-9,11-12H2,1-3H3,(H,20,26)/t14-/m0/s1. The van der Waals surface area contributed by atoms with Crippen molar-refractivity contribution in [3.63, 3.8) is 0 Å². The minimum Gasteiger partial charge on any atom is -0.474 e. The first kappa shape index (κ1) is 19.9. The van der Waals surface area contributed by atoms with Gasteiger partial charge in [-0.2, -0.15) is 0 Å². The van der Waals surface area contributed by atoms with Crippen molar-refractivity contribution in [2.75, 3.05) is 43.1 Å². The van der Waals surface area contributed by atoms with Crippen molar-refractivity contribution in [3.05, 3.63) is 24.0 Å². The van der Waals surface area contributed by atoms with Gasteiger partial charge in [0.15, 0.2) is 0 Å². The Bertz CT molecular complexity index is 724. The molecule has 1 atom stereocenters. The number of hydrogen-bond donors (Lipinski definition) is 1. The molecule has 3 rings (SSSR count). The van der Waals surface area contributed by atoms with Crippen molar-refractivity contribution in [1.29, 1.82) is 0 Å². The van der Waals surface area contributed by atoms with Gasteiger partial charge in [0.25, 0.3) is 5.17 Å². The van der Waals surface area contributed by atoms with Crippen LogP contribution in [0.25, 0.3) is 0 Å². The molecule has 2 aliphatic heterocycles. The largest absolute Gasteiger partial charge is 0.474 e. The van der Waals surface area contributed by atoms with Crippen LogP contribution >= 0.6 is 12.2 Å². The first-order chi connectivity index (χ1) is 12.8. The summed E-state index contributed by atoms with van der Waals surface area (Å²) in [6.45, 7) is 7.24. The van der Waals surface area contributed by atoms with Gasteiger partial charge in [-0.15, -0.1) is 0 Å². The Kier molecular flexibility index (Phi) is 5.90. The summed E-state index contributed by atoms with van der Waals surface area (Å²) < 4.78 is 24.9. The number of ether oxygens (including phenoxy) is 2. The number of benzene rings is 1. The van der Waals surface area contributed by atoms with Crippen LogP contribution in [0.15, 0.2) is 18.2 Å². The normalized spacial score (nSPS) is 21.8. The molecule has 6 nitrogen and oxygen atoms in total. The van der Waals surface area contributed by atoms with Crippen LogP contribution in [-0.2, 0) is 9.47 Å². The van der Waals surface area contributed by atoms with E-state index < -0.39 is 14.2 Å². The maximum absolute atomic E-state index is 14.7. The van der Waals surface area contributed by atoms with Gasteiger partial charge >= 0.3 is 6.09 Å². The summed E-state index contributed by atoms with van der Waals surface area (Å²) in [5.41, 5.74) is 1.12. The van der Waals surface area contributed by atoms with E-state index in [0.717, 1.165) is 13.1 Å². The Labute approximate surface area is 165 Å². The molecule has 1 aromatic rings. The first-order valence-electron chi connectivity index (χ1n) is 9.13. The molecule has 148 valence electrons. The summed E-state index contributed by atoms with van der Waals surface area (Å²) >= 11 is 4.91. The first-order valence-corrected chi connectivity index (χ1v) is 13.0. The monoisotopic (exact) mass is 411 g/mol. The number of carbonyl (C=O) groups excluding carboxylic acids is 1. The Hall–Kier alpha value is -1.87. The van der Waals surface area contributed by atoms with Gasteiger partial charge in [-0.25, -0.2) is 9.18 Å². The molecule has 1 N–H and O–H groups in total. The maximum Gasteiger partial charge on any atom is 0.414 e. The molecule has 2 aliphatic rings. The highest BCUT2D eigenvalue weighted by Crippen LogP contribution is 2.31. The Balaban J connectivity index is 1.65. The van der Waals surface area contributed by atoms with E-state index in [0.29, 0.717) is 24.5 Å². The SMILES string of the molecule is COC(=S)NC[C@H]1CN(c2ccc(N3CC[Si](C)(C)CC3)c(F)c2)C(=O)O1. The minimum atomic E-state index is -1.11. The third kappa shape index (κ3) is 4.70. The van der Waals surface area contributed by atoms with Crippen LogP contribution in [0, 0.1) is 5.82 Å². The smallest absolute Gasteiger partial charge is 0.414 e. The molecule has 0 aromatic heterocycles. The molecule has 1 amide bonds. The Morgan fingerprint density at radius 3 is 2.74 bits per heavy atom. The Morgan fingerprint density at radius 1 is 1.41 bits per heavy atom. The second kappa shape index (κ2) is 8.01. The fraction of sp³-hybridized carbons (Fsp3) is 0.556. The van der Waals surface area contributed by atoms with Crippen LogP contribution in [0.1, 0.15) is 0 Å². The highest BCUT2D eigenvalue weighted by molar-refractivity contribution is 7.80. The van der Waals surface area contributed by atoms with Crippen LogP contribution in [0.2, 0.25) is 25.2 Å². The van der Waals surface area contributed by atoms with Crippen molar-refractivity contribution in [3.8, 4) is 0 Å². The highest BCUT2D eigenvalue weighted by Gasteiger charge is 2.33. The van der Waals surface area contributed by atoms with Crippen molar-refractivity contribution in [1.82, 2.24) is 5.32 Å². The molecule has 2 fully saturated rings. The zero-order chi connectivity index (χ0) is 19.6. The molecule has 0 radical (unpaired) electrons. The fourth-order valence-corrected chi connectivity index (χ4v) is 5.46. The van der Waals surface area contributed by atoms with E-state index in [1.54, 1.807) is 12.1 Å². The van der Waals surface area contributed by atoms with Crippen molar-refractivity contribution in [2.24, 2.45) is 0 Å². The second-order valence-electron chi connectivity index (χ2n) is 7.78. The maximum atomic E-state index is 14.7. The quantitative estimate of drug-likeness (QED) is 0.607. The van der Waals surface area contributed by atoms with E-state index in [1.807, 2.05) is 0 Å². The number of nitrogens with zero attached hydrogens (tertiary/aromatic N) is 2. The molecule has 0 aliphatic carbocycles. The lowest BCUT2D eigenvalue weighted by molar-refractivity contribution is 0.142. The van der Waals surface area contributed by atoms with E-state index in [4.69, 9.17) is 21.7 Å². The van der Waals surface area contributed by atoms with Gasteiger partial charge in [-0.3, -0.25) is 4.90 Å². The lowest BCUT2D eigenvalue weighted by Gasteiger charge is -2.37. The summed E-state index contributed by atoms with van der Waals surface area (Å²) in [5.74, 6) is -0.302. The molecule has 27 heavy (non-hydrogen) atoms. The summed E-state index contributed by atoms with van der Waals surface area (Å²) in [4.78, 5) is 15.7. The zero-order valence-corrected chi connectivity index (χ0v) is 17.8. The number of cyclic esters (lactones) is 1. The van der Waals surface area contributed by atoms with Gasteiger partial charge in [0.1, 0.15) is 11.9 Å². The van der Waals surface area contributed by atoms with Gasteiger partial charge in [-0.1, -0.05) is 13.1 Å². The number of thiocarbonyl (C=S) groups is 1. The second-order valence-corrected chi connectivity index (χ2v) is 13.5. The lowest BCUT2D eigenvalue weighted by atomic mass is 10.2. The van der Waals surface area contributed by atoms with Crippen molar-refractivity contribution >= 4 is 42.9 Å². The van der Waals surface area contributed by atoms with E-state index in [9.17, 15) is 9.18 Å². The number of anilines is 2. The lowest BCUT2D eigenvalue weighted by Crippen LogP contribution is -2.43. The molecule has 1 aromatic carbocycles. The number of nitrogens with one attached hydrogen (secondary N) is 1. The average Bonchev–Trinajstić information content (AvgIpc) is 3.01. The molecular formula is C18H26FN3O3SSi. The van der Waals surface area contributed by atoms with Gasteiger partial charge in [0.2, 0.25) is 0 Å². The molecule has 0 bridgehead atoms. The third-order valence-corrected chi connectivity index (χ3v) is 8.70. The predicted molar refractivity (Wildman–Crippen MR) is 111 cm³/mol. The van der Waals surface area contributed by atoms with E-state index in [-0.39, 0.29) is 17.1 Å². The highest BCUT2D eigenvalue weighted by atomic mass is 32.1. The number of methoxy groups -OCH3 is 1. The predicted octanol–water partition coefficient (Wildman–Crippen LogP) is 3.20. The zero-order valence-electron chi connectivity index (χ0n) is 16.0. The van der Waals surface area contributed by atoms with Crippen LogP contribution in [0.3, 0.4) is 0 Å². The van der Waals surface area contributed by atoms with Gasteiger partial charge < -0.3 is 19.7 Å². The summed E-state index contributed by atoms with van der Waals surface area (Å²) in [5, 5.41) is 3.11. The van der Waals surface area contributed by atoms with Crippen LogP contribution in [-0.4, -0.2) is 58.7 Å². The third-order valence-electron chi connectivity index (χ3n) is 5.23. The van der Waals surface area contributed by atoms with E-state index >= 15 is 0 Å².